The molecule has 0 amide bonds. The van der Waals surface area contributed by atoms with Crippen LogP contribution in [0.5, 0.6) is 5.75 Å². The van der Waals surface area contributed by atoms with E-state index in [1.54, 1.807) is 0 Å². The summed E-state index contributed by atoms with van der Waals surface area (Å²) in [5.74, 6) is 4.83. The molecule has 10 heterocycles. The second-order valence-corrected chi connectivity index (χ2v) is 35.9. The summed E-state index contributed by atoms with van der Waals surface area (Å²) in [6, 6.07) is 3.85. The van der Waals surface area contributed by atoms with Crippen molar-refractivity contribution in [2.45, 2.75) is 47.7 Å². The van der Waals surface area contributed by atoms with Crippen LogP contribution in [0.15, 0.2) is 18.2 Å². The van der Waals surface area contributed by atoms with Gasteiger partial charge in [-0.05, 0) is 0 Å². The van der Waals surface area contributed by atoms with Crippen molar-refractivity contribution in [1.29, 1.82) is 0 Å². The predicted molar refractivity (Wildman–Crippen MR) is 83.6 cm³/mol. The van der Waals surface area contributed by atoms with Gasteiger partial charge >= 0.3 is 133 Å². The second kappa shape index (κ2) is 1.08. The van der Waals surface area contributed by atoms with Crippen LogP contribution in [0, 0.1) is 11.8 Å². The second-order valence-electron chi connectivity index (χ2n) is 12.3. The number of fused-ring (bicyclic) bond motifs is 10. The number of aromatic hydroxyl groups is 1. The van der Waals surface area contributed by atoms with E-state index in [4.69, 9.17) is 5.11 Å². The van der Waals surface area contributed by atoms with E-state index in [2.05, 4.69) is 11.8 Å². The normalized spacial score (nSPS) is 83.8. The van der Waals surface area contributed by atoms with E-state index in [0.29, 0.717) is 4.31 Å². The Morgan fingerprint density at radius 2 is 1.60 bits per heavy atom. The zero-order valence-electron chi connectivity index (χ0n) is 13.0. The first-order chi connectivity index (χ1) is 11.7. The van der Waals surface area contributed by atoms with Crippen LogP contribution in [0.4, 0.5) is 0 Å². The topological polar surface area (TPSA) is 74.6 Å². The zero-order valence-corrected chi connectivity index (χ0v) is 14.1. The molecule has 0 aliphatic carbocycles. The number of Topliss-reactive ketones (excluding diaryl/α,β-unsaturated/α-hetero) is 1. The van der Waals surface area contributed by atoms with Gasteiger partial charge in [-0.3, -0.25) is 0 Å². The summed E-state index contributed by atoms with van der Waals surface area (Å²) in [7, 11) is 0. The summed E-state index contributed by atoms with van der Waals surface area (Å²) in [4.78, 5) is 34.0. The Hall–Kier alpha value is -1.76. The van der Waals surface area contributed by atoms with Gasteiger partial charge in [-0.15, -0.1) is 0 Å². The van der Waals surface area contributed by atoms with Crippen LogP contribution in [0.1, 0.15) is 20.7 Å². The molecule has 4 atom stereocenters. The Labute approximate surface area is 132 Å². The van der Waals surface area contributed by atoms with Crippen LogP contribution in [0.3, 0.4) is 0 Å². The Morgan fingerprint density at radius 1 is 1.00 bits per heavy atom. The molecule has 25 heavy (non-hydrogen) atoms. The summed E-state index contributed by atoms with van der Waals surface area (Å²) in [6.07, 6.45) is 0. The molecule has 10 aliphatic rings. The van der Waals surface area contributed by atoms with Crippen molar-refractivity contribution in [2.24, 2.45) is 0 Å². The first-order valence-electron chi connectivity index (χ1n) is 9.10. The predicted octanol–water partition coefficient (Wildman–Crippen LogP) is 4.04. The number of phenols is 1. The molecule has 0 aromatic heterocycles. The maximum atomic E-state index is 12.7. The molecule has 1 aromatic carbocycles. The van der Waals surface area contributed by atoms with Gasteiger partial charge in [-0.25, -0.2) is 0 Å². The van der Waals surface area contributed by atoms with E-state index in [1.165, 1.54) is 51.9 Å². The number of phenolic OH excluding ortho intramolecular Hbond substituents is 1. The Kier molecular flexibility index (Phi) is 0.451. The van der Waals surface area contributed by atoms with E-state index in [-0.39, 0.29) is 16.9 Å². The molecule has 2 N–H and O–H groups in total. The molecule has 4 unspecified atom stereocenters. The standard InChI is InChI=1S/C15H9O4.C5H5.Fe/c16-13(7-5-10-3-1-2-4-10)12-9-11(15(18)19)6-8-14(12)17;1-2-4-5-3-1;/h1-4,6,8-9,17H,(H,18,19);1-5H;. The number of rotatable bonds is 2. The summed E-state index contributed by atoms with van der Waals surface area (Å²) < 4.78 is 0.356. The molecule has 11 rings (SSSR count). The van der Waals surface area contributed by atoms with Crippen molar-refractivity contribution in [3.8, 4) is 17.6 Å². The van der Waals surface area contributed by atoms with Gasteiger partial charge in [-0.2, -0.15) is 0 Å². The van der Waals surface area contributed by atoms with E-state index >= 15 is 0 Å². The van der Waals surface area contributed by atoms with E-state index < -0.39 is 18.3 Å². The zero-order chi connectivity index (χ0) is 16.4. The van der Waals surface area contributed by atoms with Crippen LogP contribution >= 0.6 is 0 Å². The van der Waals surface area contributed by atoms with Gasteiger partial charge < -0.3 is 0 Å². The minimum atomic E-state index is -3.28. The van der Waals surface area contributed by atoms with Gasteiger partial charge in [0.1, 0.15) is 0 Å². The third-order valence-corrected chi connectivity index (χ3v) is 58.7. The number of benzene rings is 1. The number of ketones is 1. The fourth-order valence-electron chi connectivity index (χ4n) is 17.6. The third kappa shape index (κ3) is 0.161. The molecule has 1 aromatic rings. The number of aromatic carboxylic acids is 1. The number of carboxylic acids is 1. The Bertz CT molecular complexity index is 1470. The van der Waals surface area contributed by atoms with Gasteiger partial charge in [0.05, 0.1) is 0 Å². The van der Waals surface area contributed by atoms with Crippen LogP contribution in [-0.2, 0) is 6.51 Å². The SMILES string of the molecule is O=C(O)c1ccc(O)c(C(=O)C#C[C]23[CH]4[CH]5[CH]6[CH]2[Fe]56432789[CH]3[CH]2[CH]7[CH]8[CH]39)c1. The minimum absolute atomic E-state index is 0.0148. The maximum absolute atomic E-state index is 12.7. The van der Waals surface area contributed by atoms with Gasteiger partial charge in [0.25, 0.3) is 0 Å². The van der Waals surface area contributed by atoms with Crippen LogP contribution < -0.4 is 0 Å². The Balaban J connectivity index is 1.14. The van der Waals surface area contributed by atoms with Crippen molar-refractivity contribution in [3.05, 3.63) is 29.3 Å². The summed E-state index contributed by atoms with van der Waals surface area (Å²) in [5.41, 5.74) is 0.0556. The third-order valence-electron chi connectivity index (χ3n) is 16.5. The van der Waals surface area contributed by atoms with E-state index in [0.717, 1.165) is 9.63 Å². The monoisotopic (exact) mass is 374 g/mol. The number of carbonyl (C=O) groups excluding carboxylic acids is 1. The average molecular weight is 374 g/mol. The first kappa shape index (κ1) is 10.4. The molecule has 0 bridgehead atoms. The van der Waals surface area contributed by atoms with Gasteiger partial charge in [0.2, 0.25) is 0 Å². The summed E-state index contributed by atoms with van der Waals surface area (Å²) in [6.45, 7) is -3.28. The van der Waals surface area contributed by atoms with Gasteiger partial charge in [0.15, 0.2) is 0 Å². The van der Waals surface area contributed by atoms with E-state index in [1.807, 2.05) is 0 Å². The van der Waals surface area contributed by atoms with Crippen molar-refractivity contribution < 1.29 is 26.3 Å². The fraction of sp³-hybridized carbons (Fsp3) is 0.500. The number of carboxylic acid groups (broad SMARTS) is 1. The van der Waals surface area contributed by atoms with Crippen molar-refractivity contribution in [3.63, 3.8) is 0 Å². The molecule has 5 heteroatoms. The van der Waals surface area contributed by atoms with Crippen molar-refractivity contribution >= 4 is 11.8 Å². The molecule has 0 radical (unpaired) electrons. The van der Waals surface area contributed by atoms with Gasteiger partial charge in [-0.1, -0.05) is 0 Å². The molecule has 10 aliphatic heterocycles. The summed E-state index contributed by atoms with van der Waals surface area (Å²) >= 11 is 0. The first-order valence-corrected chi connectivity index (χ1v) is 15.4. The van der Waals surface area contributed by atoms with Crippen molar-refractivity contribution in [1.82, 2.24) is 0 Å². The molecule has 4 nitrogen and oxygen atoms in total. The molecule has 10 saturated heterocycles. The number of hydrogen-bond acceptors (Lipinski definition) is 3. The average Bonchev–Trinajstić information content (AvgIpc) is 3.53. The number of hydrogen-bond donors (Lipinski definition) is 2. The van der Waals surface area contributed by atoms with Crippen LogP contribution in [0.25, 0.3) is 0 Å². The van der Waals surface area contributed by atoms with Crippen LogP contribution in [0.2, 0.25) is 47.7 Å². The molecule has 1 spiro atoms. The molecule has 0 saturated carbocycles. The van der Waals surface area contributed by atoms with E-state index in [9.17, 15) is 14.7 Å². The number of carbonyl (C=O) groups is 2. The van der Waals surface area contributed by atoms with Gasteiger partial charge in [0, 0.05) is 0 Å². The van der Waals surface area contributed by atoms with Crippen LogP contribution in [-0.4, -0.2) is 22.0 Å². The molecular formula is C20H14FeO4. The Morgan fingerprint density at radius 3 is 2.04 bits per heavy atom. The summed E-state index contributed by atoms with van der Waals surface area (Å²) in [5, 5.41) is 19.1. The van der Waals surface area contributed by atoms with Crippen molar-refractivity contribution in [2.75, 3.05) is 0 Å². The molecule has 10 fully saturated rings. The fourth-order valence-corrected chi connectivity index (χ4v) is 90.6. The molecule has 126 valence electrons. The molecular weight excluding hydrogens is 360 g/mol. The quantitative estimate of drug-likeness (QED) is 0.355.